The zero-order chi connectivity index (χ0) is 17.1. The summed E-state index contributed by atoms with van der Waals surface area (Å²) in [4.78, 5) is 24.2. The second kappa shape index (κ2) is 6.58. The number of ether oxygens (including phenoxy) is 2. The smallest absolute Gasteiger partial charge is 0.343 e. The average Bonchev–Trinajstić information content (AvgIpc) is 2.62. The second-order valence-corrected chi connectivity index (χ2v) is 5.21. The van der Waals surface area contributed by atoms with Crippen LogP contribution in [-0.2, 0) is 4.74 Å². The molecule has 2 heterocycles. The highest BCUT2D eigenvalue weighted by Crippen LogP contribution is 2.23. The van der Waals surface area contributed by atoms with Crippen molar-refractivity contribution >= 4 is 11.5 Å². The van der Waals surface area contributed by atoms with Gasteiger partial charge in [0.15, 0.2) is 0 Å². The molecule has 0 spiro atoms. The van der Waals surface area contributed by atoms with Gasteiger partial charge in [-0.1, -0.05) is 12.1 Å². The Labute approximate surface area is 139 Å². The molecule has 3 aromatic rings. The van der Waals surface area contributed by atoms with Crippen molar-refractivity contribution in [2.75, 3.05) is 13.7 Å². The molecule has 0 saturated carbocycles. The Hall–Kier alpha value is -3.08. The number of pyridine rings is 2. The Morgan fingerprint density at radius 2 is 1.79 bits per heavy atom. The summed E-state index contributed by atoms with van der Waals surface area (Å²) in [6, 6.07) is 14.7. The predicted molar refractivity (Wildman–Crippen MR) is 91.6 cm³/mol. The number of nitrogens with zero attached hydrogens (tertiary/aromatic N) is 1. The number of esters is 1. The van der Waals surface area contributed by atoms with Gasteiger partial charge in [-0.05, 0) is 54.4 Å². The van der Waals surface area contributed by atoms with Gasteiger partial charge in [0.05, 0.1) is 13.7 Å². The molecule has 0 saturated heterocycles. The Morgan fingerprint density at radius 1 is 1.04 bits per heavy atom. The molecule has 0 aliphatic carbocycles. The van der Waals surface area contributed by atoms with Crippen LogP contribution in [0.1, 0.15) is 17.3 Å². The van der Waals surface area contributed by atoms with Crippen LogP contribution in [0, 0.1) is 0 Å². The normalized spacial score (nSPS) is 10.6. The fourth-order valence-corrected chi connectivity index (χ4v) is 2.53. The number of hydrogen-bond acceptors (Lipinski definition) is 4. The van der Waals surface area contributed by atoms with E-state index in [-0.39, 0.29) is 17.7 Å². The third-order valence-corrected chi connectivity index (χ3v) is 3.77. The van der Waals surface area contributed by atoms with E-state index in [1.165, 1.54) is 10.5 Å². The molecule has 0 bridgehead atoms. The summed E-state index contributed by atoms with van der Waals surface area (Å²) in [5.74, 6) is 0.186. The molecule has 0 radical (unpaired) electrons. The van der Waals surface area contributed by atoms with Gasteiger partial charge in [0, 0.05) is 11.7 Å². The van der Waals surface area contributed by atoms with Gasteiger partial charge in [0.2, 0.25) is 0 Å². The Balaban J connectivity index is 2.04. The zero-order valence-electron chi connectivity index (χ0n) is 13.5. The van der Waals surface area contributed by atoms with E-state index in [4.69, 9.17) is 9.47 Å². The van der Waals surface area contributed by atoms with Gasteiger partial charge in [-0.25, -0.2) is 4.79 Å². The van der Waals surface area contributed by atoms with Crippen LogP contribution in [0.25, 0.3) is 16.6 Å². The molecule has 122 valence electrons. The molecule has 0 unspecified atom stereocenters. The number of fused-ring (bicyclic) bond motifs is 1. The zero-order valence-corrected chi connectivity index (χ0v) is 13.5. The summed E-state index contributed by atoms with van der Waals surface area (Å²) < 4.78 is 11.5. The number of carbonyl (C=O) groups is 1. The minimum atomic E-state index is -0.601. The molecule has 0 atom stereocenters. The minimum absolute atomic E-state index is 0.0338. The first-order valence-corrected chi connectivity index (χ1v) is 7.61. The van der Waals surface area contributed by atoms with Crippen molar-refractivity contribution in [3.63, 3.8) is 0 Å². The van der Waals surface area contributed by atoms with Crippen molar-refractivity contribution in [2.45, 2.75) is 6.92 Å². The maximum absolute atomic E-state index is 12.4. The molecule has 24 heavy (non-hydrogen) atoms. The average molecular weight is 323 g/mol. The number of methoxy groups -OCH3 is 1. The van der Waals surface area contributed by atoms with Gasteiger partial charge in [-0.15, -0.1) is 0 Å². The van der Waals surface area contributed by atoms with Crippen molar-refractivity contribution < 1.29 is 14.3 Å². The molecule has 3 rings (SSSR count). The highest BCUT2D eigenvalue weighted by atomic mass is 16.5. The van der Waals surface area contributed by atoms with Crippen LogP contribution in [0.3, 0.4) is 0 Å². The van der Waals surface area contributed by atoms with Gasteiger partial charge < -0.3 is 9.47 Å². The first-order valence-electron chi connectivity index (χ1n) is 7.61. The maximum Gasteiger partial charge on any atom is 0.343 e. The van der Waals surface area contributed by atoms with Crippen LogP contribution in [0.5, 0.6) is 5.75 Å². The van der Waals surface area contributed by atoms with E-state index in [1.807, 2.05) is 36.4 Å². The summed E-state index contributed by atoms with van der Waals surface area (Å²) >= 11 is 0. The Bertz CT molecular complexity index is 942. The fourth-order valence-electron chi connectivity index (χ4n) is 2.53. The summed E-state index contributed by atoms with van der Waals surface area (Å²) in [5.41, 5.74) is 2.35. The van der Waals surface area contributed by atoms with Gasteiger partial charge >= 0.3 is 5.97 Å². The minimum Gasteiger partial charge on any atom is -0.497 e. The molecule has 5 nitrogen and oxygen atoms in total. The quantitative estimate of drug-likeness (QED) is 0.692. The summed E-state index contributed by atoms with van der Waals surface area (Å²) in [7, 11) is 1.62. The molecule has 5 heteroatoms. The molecular weight excluding hydrogens is 306 g/mol. The molecule has 2 aromatic heterocycles. The van der Waals surface area contributed by atoms with Crippen LogP contribution in [0.15, 0.2) is 59.5 Å². The first-order chi connectivity index (χ1) is 11.6. The Kier molecular flexibility index (Phi) is 4.33. The van der Waals surface area contributed by atoms with E-state index in [0.717, 1.165) is 16.9 Å². The Morgan fingerprint density at radius 3 is 2.46 bits per heavy atom. The van der Waals surface area contributed by atoms with Crippen molar-refractivity contribution in [3.8, 4) is 16.9 Å². The van der Waals surface area contributed by atoms with E-state index in [9.17, 15) is 9.59 Å². The van der Waals surface area contributed by atoms with Gasteiger partial charge in [0.25, 0.3) is 5.56 Å². The predicted octanol–water partition coefficient (Wildman–Crippen LogP) is 3.15. The lowest BCUT2D eigenvalue weighted by atomic mass is 10.1. The third kappa shape index (κ3) is 2.88. The van der Waals surface area contributed by atoms with Gasteiger partial charge in [0.1, 0.15) is 11.3 Å². The van der Waals surface area contributed by atoms with E-state index in [2.05, 4.69) is 0 Å². The monoisotopic (exact) mass is 323 g/mol. The van der Waals surface area contributed by atoms with Crippen LogP contribution in [0.4, 0.5) is 0 Å². The largest absolute Gasteiger partial charge is 0.497 e. The summed E-state index contributed by atoms with van der Waals surface area (Å²) in [6.07, 6.45) is 1.67. The summed E-state index contributed by atoms with van der Waals surface area (Å²) in [5, 5.41) is 0. The molecule has 0 N–H and O–H groups in total. The van der Waals surface area contributed by atoms with E-state index in [1.54, 1.807) is 26.3 Å². The number of hydrogen-bond donors (Lipinski definition) is 0. The molecule has 0 amide bonds. The van der Waals surface area contributed by atoms with Gasteiger partial charge in [-0.2, -0.15) is 0 Å². The van der Waals surface area contributed by atoms with Crippen LogP contribution in [0.2, 0.25) is 0 Å². The SMILES string of the molecule is CCOC(=O)c1ccc2cc(-c3ccc(OC)cc3)ccn2c1=O. The number of carbonyl (C=O) groups excluding carboxylic acids is 1. The first kappa shape index (κ1) is 15.8. The topological polar surface area (TPSA) is 57.0 Å². The lowest BCUT2D eigenvalue weighted by molar-refractivity contribution is 0.0524. The summed E-state index contributed by atoms with van der Waals surface area (Å²) in [6.45, 7) is 1.94. The number of benzene rings is 1. The van der Waals surface area contributed by atoms with E-state index in [0.29, 0.717) is 5.52 Å². The highest BCUT2D eigenvalue weighted by molar-refractivity contribution is 5.89. The van der Waals surface area contributed by atoms with Crippen LogP contribution in [-0.4, -0.2) is 24.1 Å². The van der Waals surface area contributed by atoms with Crippen molar-refractivity contribution in [3.05, 3.63) is 70.6 Å². The third-order valence-electron chi connectivity index (χ3n) is 3.77. The van der Waals surface area contributed by atoms with Crippen molar-refractivity contribution in [1.29, 1.82) is 0 Å². The van der Waals surface area contributed by atoms with E-state index < -0.39 is 5.97 Å². The second-order valence-electron chi connectivity index (χ2n) is 5.21. The molecule has 0 aliphatic rings. The van der Waals surface area contributed by atoms with Crippen LogP contribution >= 0.6 is 0 Å². The molecule has 0 fully saturated rings. The number of rotatable bonds is 4. The fraction of sp³-hybridized carbons (Fsp3) is 0.158. The number of aromatic nitrogens is 1. The van der Waals surface area contributed by atoms with Gasteiger partial charge in [-0.3, -0.25) is 9.20 Å². The molecular formula is C19H17NO4. The maximum atomic E-state index is 12.4. The molecule has 1 aromatic carbocycles. The lowest BCUT2D eigenvalue weighted by Gasteiger charge is -2.08. The standard InChI is InChI=1S/C19H17NO4/c1-3-24-19(22)17-9-6-15-12-14(10-11-20(15)18(17)21)13-4-7-16(23-2)8-5-13/h4-12H,3H2,1-2H3. The van der Waals surface area contributed by atoms with Crippen molar-refractivity contribution in [1.82, 2.24) is 4.40 Å². The lowest BCUT2D eigenvalue weighted by Crippen LogP contribution is -2.23. The molecule has 0 aliphatic heterocycles. The van der Waals surface area contributed by atoms with E-state index >= 15 is 0 Å². The van der Waals surface area contributed by atoms with Crippen molar-refractivity contribution in [2.24, 2.45) is 0 Å². The van der Waals surface area contributed by atoms with Crippen LogP contribution < -0.4 is 10.3 Å². The highest BCUT2D eigenvalue weighted by Gasteiger charge is 2.13.